The van der Waals surface area contributed by atoms with E-state index >= 15 is 0 Å². The van der Waals surface area contributed by atoms with Gasteiger partial charge in [0.25, 0.3) is 0 Å². The smallest absolute Gasteiger partial charge is 0.313 e. The first kappa shape index (κ1) is 17.0. The van der Waals surface area contributed by atoms with E-state index in [4.69, 9.17) is 16.3 Å². The highest BCUT2D eigenvalue weighted by atomic mass is 35.5. The summed E-state index contributed by atoms with van der Waals surface area (Å²) in [5, 5.41) is 0.696. The van der Waals surface area contributed by atoms with Crippen molar-refractivity contribution in [2.24, 2.45) is 0 Å². The minimum absolute atomic E-state index is 0.0390. The van der Waals surface area contributed by atoms with E-state index in [1.165, 1.54) is 46.1 Å². The van der Waals surface area contributed by atoms with Crippen LogP contribution in [0.25, 0.3) is 0 Å². The largest absolute Gasteiger partial charge is 0.469 e. The van der Waals surface area contributed by atoms with E-state index in [1.807, 2.05) is 18.2 Å². The van der Waals surface area contributed by atoms with Gasteiger partial charge in [-0.05, 0) is 42.9 Å². The summed E-state index contributed by atoms with van der Waals surface area (Å²) < 4.78 is 4.82. The fraction of sp³-hybridized carbons (Fsp3) is 0.556. The molecule has 1 aromatic rings. The summed E-state index contributed by atoms with van der Waals surface area (Å²) in [4.78, 5) is 23.3. The van der Waals surface area contributed by atoms with E-state index in [1.54, 1.807) is 0 Å². The Balaban J connectivity index is 2.25. The Morgan fingerprint density at radius 3 is 2.50 bits per heavy atom. The Kier molecular flexibility index (Phi) is 6.01. The molecule has 0 amide bonds. The van der Waals surface area contributed by atoms with Gasteiger partial charge in [-0.3, -0.25) is 9.59 Å². The van der Waals surface area contributed by atoms with Crippen LogP contribution in [0.15, 0.2) is 18.2 Å². The van der Waals surface area contributed by atoms with Gasteiger partial charge in [0, 0.05) is 11.4 Å². The number of carbonyl (C=O) groups excluding carboxylic acids is 2. The molecule has 2 rings (SSSR count). The number of Topliss-reactive ketones (excluding diaryl/α,β-unsaturated/α-hetero) is 1. The molecule has 0 aliphatic heterocycles. The highest BCUT2D eigenvalue weighted by molar-refractivity contribution is 6.31. The lowest BCUT2D eigenvalue weighted by Gasteiger charge is -2.24. The number of carbonyl (C=O) groups is 2. The highest BCUT2D eigenvalue weighted by Gasteiger charge is 2.25. The highest BCUT2D eigenvalue weighted by Crippen LogP contribution is 2.37. The number of hydrogen-bond donors (Lipinski definition) is 0. The molecule has 22 heavy (non-hydrogen) atoms. The number of methoxy groups -OCH3 is 1. The number of benzene rings is 1. The Bertz CT molecular complexity index is 547. The summed E-state index contributed by atoms with van der Waals surface area (Å²) in [6.07, 6.45) is 6.29. The molecule has 1 fully saturated rings. The SMILES string of the molecule is COC(=O)C(CC(C)=O)c1ccc(C2CCCCC2)c(Cl)c1. The Morgan fingerprint density at radius 2 is 1.95 bits per heavy atom. The number of esters is 1. The summed E-state index contributed by atoms with van der Waals surface area (Å²) in [5.41, 5.74) is 1.92. The number of halogens is 1. The van der Waals surface area contributed by atoms with E-state index in [0.717, 1.165) is 11.1 Å². The Hall–Kier alpha value is -1.35. The zero-order valence-corrected chi connectivity index (χ0v) is 14.0. The molecule has 1 aliphatic carbocycles. The van der Waals surface area contributed by atoms with Gasteiger partial charge in [-0.2, -0.15) is 0 Å². The van der Waals surface area contributed by atoms with Crippen molar-refractivity contribution in [2.75, 3.05) is 7.11 Å². The van der Waals surface area contributed by atoms with Gasteiger partial charge in [-0.25, -0.2) is 0 Å². The molecule has 0 spiro atoms. The molecule has 1 aromatic carbocycles. The van der Waals surface area contributed by atoms with E-state index in [9.17, 15) is 9.59 Å². The maximum atomic E-state index is 11.9. The van der Waals surface area contributed by atoms with Gasteiger partial charge in [-0.1, -0.05) is 43.0 Å². The van der Waals surface area contributed by atoms with Crippen molar-refractivity contribution in [3.05, 3.63) is 34.3 Å². The quantitative estimate of drug-likeness (QED) is 0.743. The molecular weight excluding hydrogens is 300 g/mol. The van der Waals surface area contributed by atoms with Crippen molar-refractivity contribution >= 4 is 23.4 Å². The summed E-state index contributed by atoms with van der Waals surface area (Å²) in [5.74, 6) is -0.486. The van der Waals surface area contributed by atoms with Crippen molar-refractivity contribution in [1.29, 1.82) is 0 Å². The van der Waals surface area contributed by atoms with E-state index in [-0.39, 0.29) is 12.2 Å². The molecule has 1 unspecified atom stereocenters. The molecule has 1 saturated carbocycles. The van der Waals surface area contributed by atoms with Gasteiger partial charge < -0.3 is 4.74 Å². The van der Waals surface area contributed by atoms with E-state index < -0.39 is 11.9 Å². The number of rotatable bonds is 5. The van der Waals surface area contributed by atoms with Crippen LogP contribution in [-0.4, -0.2) is 18.9 Å². The van der Waals surface area contributed by atoms with Gasteiger partial charge in [-0.15, -0.1) is 0 Å². The van der Waals surface area contributed by atoms with Gasteiger partial charge in [0.15, 0.2) is 0 Å². The maximum Gasteiger partial charge on any atom is 0.313 e. The first-order valence-corrected chi connectivity index (χ1v) is 8.27. The summed E-state index contributed by atoms with van der Waals surface area (Å²) in [7, 11) is 1.34. The van der Waals surface area contributed by atoms with Gasteiger partial charge in [0.1, 0.15) is 5.78 Å². The molecule has 0 saturated heterocycles. The molecule has 1 aliphatic rings. The molecule has 1 atom stereocenters. The third-order valence-electron chi connectivity index (χ3n) is 4.45. The zero-order valence-electron chi connectivity index (χ0n) is 13.2. The van der Waals surface area contributed by atoms with Crippen molar-refractivity contribution in [3.8, 4) is 0 Å². The second kappa shape index (κ2) is 7.77. The van der Waals surface area contributed by atoms with E-state index in [0.29, 0.717) is 10.9 Å². The van der Waals surface area contributed by atoms with Crippen LogP contribution in [0.2, 0.25) is 5.02 Å². The molecule has 0 bridgehead atoms. The fourth-order valence-corrected chi connectivity index (χ4v) is 3.62. The predicted octanol–water partition coefficient (Wildman–Crippen LogP) is 4.62. The van der Waals surface area contributed by atoms with Crippen molar-refractivity contribution in [3.63, 3.8) is 0 Å². The molecule has 4 heteroatoms. The minimum Gasteiger partial charge on any atom is -0.469 e. The summed E-state index contributed by atoms with van der Waals surface area (Å²) in [6, 6.07) is 5.76. The molecular formula is C18H23ClO3. The van der Waals surface area contributed by atoms with Crippen molar-refractivity contribution in [1.82, 2.24) is 0 Å². The molecule has 0 aromatic heterocycles. The number of ether oxygens (including phenoxy) is 1. The Morgan fingerprint density at radius 1 is 1.27 bits per heavy atom. The number of hydrogen-bond acceptors (Lipinski definition) is 3. The molecule has 0 radical (unpaired) electrons. The lowest BCUT2D eigenvalue weighted by atomic mass is 9.83. The molecule has 0 heterocycles. The third kappa shape index (κ3) is 4.10. The predicted molar refractivity (Wildman–Crippen MR) is 87.3 cm³/mol. The van der Waals surface area contributed by atoms with Gasteiger partial charge in [0.2, 0.25) is 0 Å². The van der Waals surface area contributed by atoms with Crippen LogP contribution >= 0.6 is 11.6 Å². The van der Waals surface area contributed by atoms with Crippen LogP contribution < -0.4 is 0 Å². The second-order valence-corrected chi connectivity index (χ2v) is 6.50. The molecule has 3 nitrogen and oxygen atoms in total. The summed E-state index contributed by atoms with van der Waals surface area (Å²) >= 11 is 6.45. The van der Waals surface area contributed by atoms with Crippen LogP contribution in [0.1, 0.15) is 68.4 Å². The normalized spacial score (nSPS) is 17.0. The van der Waals surface area contributed by atoms with Crippen molar-refractivity contribution in [2.45, 2.75) is 57.3 Å². The first-order chi connectivity index (χ1) is 10.5. The van der Waals surface area contributed by atoms with Gasteiger partial charge >= 0.3 is 5.97 Å². The third-order valence-corrected chi connectivity index (χ3v) is 4.78. The van der Waals surface area contributed by atoms with Crippen LogP contribution in [0.3, 0.4) is 0 Å². The van der Waals surface area contributed by atoms with Crippen LogP contribution in [0.4, 0.5) is 0 Å². The summed E-state index contributed by atoms with van der Waals surface area (Å²) in [6.45, 7) is 1.48. The van der Waals surface area contributed by atoms with Crippen LogP contribution in [-0.2, 0) is 14.3 Å². The zero-order chi connectivity index (χ0) is 16.1. The van der Waals surface area contributed by atoms with Gasteiger partial charge in [0.05, 0.1) is 13.0 Å². The van der Waals surface area contributed by atoms with Crippen LogP contribution in [0.5, 0.6) is 0 Å². The standard InChI is InChI=1S/C18H23ClO3/c1-12(20)10-16(18(21)22-2)14-8-9-15(17(19)11-14)13-6-4-3-5-7-13/h8-9,11,13,16H,3-7,10H2,1-2H3. The molecule has 120 valence electrons. The van der Waals surface area contributed by atoms with Crippen LogP contribution in [0, 0.1) is 0 Å². The molecule has 0 N–H and O–H groups in total. The average molecular weight is 323 g/mol. The first-order valence-electron chi connectivity index (χ1n) is 7.89. The Labute approximate surface area is 137 Å². The lowest BCUT2D eigenvalue weighted by molar-refractivity contribution is -0.143. The topological polar surface area (TPSA) is 43.4 Å². The van der Waals surface area contributed by atoms with Crippen molar-refractivity contribution < 1.29 is 14.3 Å². The van der Waals surface area contributed by atoms with E-state index in [2.05, 4.69) is 0 Å². The number of ketones is 1. The lowest BCUT2D eigenvalue weighted by Crippen LogP contribution is -2.17. The monoisotopic (exact) mass is 322 g/mol. The fourth-order valence-electron chi connectivity index (χ4n) is 3.27. The minimum atomic E-state index is -0.569. The average Bonchev–Trinajstić information content (AvgIpc) is 2.52. The maximum absolute atomic E-state index is 11.9. The second-order valence-electron chi connectivity index (χ2n) is 6.10.